The fourth-order valence-electron chi connectivity index (χ4n) is 8.64. The molecular weight excluding hydrogens is 793 g/mol. The lowest BCUT2D eigenvalue weighted by molar-refractivity contribution is 0.670. The van der Waals surface area contributed by atoms with Crippen LogP contribution in [0.15, 0.2) is 244 Å². The summed E-state index contributed by atoms with van der Waals surface area (Å²) in [7, 11) is 0. The first-order valence-corrected chi connectivity index (χ1v) is 23.0. The molecular formula is C66H68. The predicted octanol–water partition coefficient (Wildman–Crippen LogP) is 19.3. The van der Waals surface area contributed by atoms with Crippen LogP contribution in [-0.4, -0.2) is 0 Å². The summed E-state index contributed by atoms with van der Waals surface area (Å²) >= 11 is 0. The monoisotopic (exact) mass is 861 g/mol. The second-order valence-electron chi connectivity index (χ2n) is 16.5. The molecule has 0 heteroatoms. The maximum absolute atomic E-state index is 3.46. The quantitative estimate of drug-likeness (QED) is 0.120. The Balaban J connectivity index is 0.000000293. The van der Waals surface area contributed by atoms with Crippen LogP contribution >= 0.6 is 0 Å². The minimum atomic E-state index is 0. The Bertz CT molecular complexity index is 2780. The van der Waals surface area contributed by atoms with Crippen molar-refractivity contribution < 1.29 is 0 Å². The van der Waals surface area contributed by atoms with Gasteiger partial charge >= 0.3 is 0 Å². The van der Waals surface area contributed by atoms with Gasteiger partial charge in [-0.1, -0.05) is 265 Å². The summed E-state index contributed by atoms with van der Waals surface area (Å²) in [5.74, 6) is 0.691. The maximum atomic E-state index is 3.46. The van der Waals surface area contributed by atoms with Crippen LogP contribution < -0.4 is 0 Å². The third kappa shape index (κ3) is 12.5. The van der Waals surface area contributed by atoms with E-state index in [0.29, 0.717) is 11.8 Å². The molecule has 0 bridgehead atoms. The van der Waals surface area contributed by atoms with Crippen LogP contribution in [0.25, 0.3) is 55.6 Å². The smallest absolute Gasteiger partial charge is 0.0168 e. The van der Waals surface area contributed by atoms with Crippen LogP contribution in [0.1, 0.15) is 79.8 Å². The number of fused-ring (bicyclic) bond motifs is 3. The Kier molecular flexibility index (Phi) is 19.0. The third-order valence-electron chi connectivity index (χ3n) is 12.1. The van der Waals surface area contributed by atoms with Gasteiger partial charge in [-0.25, -0.2) is 0 Å². The number of aryl methyl sites for hydroxylation is 3. The molecule has 0 heterocycles. The van der Waals surface area contributed by atoms with Crippen molar-refractivity contribution in [2.45, 2.75) is 66.7 Å². The van der Waals surface area contributed by atoms with E-state index in [1.807, 2.05) is 25.1 Å². The normalized spacial score (nSPS) is 12.2. The van der Waals surface area contributed by atoms with Gasteiger partial charge in [0, 0.05) is 5.92 Å². The topological polar surface area (TPSA) is 0 Å². The lowest BCUT2D eigenvalue weighted by Crippen LogP contribution is -2.07. The van der Waals surface area contributed by atoms with E-state index in [9.17, 15) is 0 Å². The number of hydrogen-bond donors (Lipinski definition) is 0. The molecule has 1 aliphatic carbocycles. The second kappa shape index (κ2) is 25.3. The summed E-state index contributed by atoms with van der Waals surface area (Å²) in [4.78, 5) is 0. The van der Waals surface area contributed by atoms with Crippen molar-refractivity contribution in [3.8, 4) is 55.6 Å². The van der Waals surface area contributed by atoms with E-state index in [1.165, 1.54) is 89.0 Å². The first-order valence-electron chi connectivity index (χ1n) is 23.0. The lowest BCUT2D eigenvalue weighted by atomic mass is 9.80. The Morgan fingerprint density at radius 3 is 1.47 bits per heavy atom. The zero-order chi connectivity index (χ0) is 46.0. The zero-order valence-corrected chi connectivity index (χ0v) is 39.1. The van der Waals surface area contributed by atoms with Gasteiger partial charge in [0.2, 0.25) is 0 Å². The van der Waals surface area contributed by atoms with Gasteiger partial charge in [-0.2, -0.15) is 0 Å². The highest BCUT2D eigenvalue weighted by molar-refractivity contribution is 5.85. The molecule has 0 aromatic heterocycles. The molecule has 8 aromatic carbocycles. The van der Waals surface area contributed by atoms with Gasteiger partial charge in [0.15, 0.2) is 0 Å². The summed E-state index contributed by atoms with van der Waals surface area (Å²) in [5, 5.41) is 0. The Morgan fingerprint density at radius 2 is 0.939 bits per heavy atom. The van der Waals surface area contributed by atoms with Gasteiger partial charge in [-0.15, -0.1) is 0 Å². The fourth-order valence-corrected chi connectivity index (χ4v) is 8.64. The van der Waals surface area contributed by atoms with Gasteiger partial charge in [-0.05, 0) is 129 Å². The molecule has 8 aromatic rings. The van der Waals surface area contributed by atoms with Crippen LogP contribution in [-0.2, 0) is 6.42 Å². The number of hydrogen-bond acceptors (Lipinski definition) is 0. The van der Waals surface area contributed by atoms with Crippen LogP contribution in [0.2, 0.25) is 0 Å². The highest BCUT2D eigenvalue weighted by Gasteiger charge is 2.33. The Morgan fingerprint density at radius 1 is 0.470 bits per heavy atom. The average molecular weight is 861 g/mol. The molecule has 2 atom stereocenters. The van der Waals surface area contributed by atoms with Crippen LogP contribution in [0.4, 0.5) is 0 Å². The van der Waals surface area contributed by atoms with Crippen molar-refractivity contribution in [1.29, 1.82) is 0 Å². The number of allylic oxidation sites excluding steroid dienone is 5. The van der Waals surface area contributed by atoms with E-state index in [1.54, 1.807) is 18.2 Å². The molecule has 0 saturated heterocycles. The summed E-state index contributed by atoms with van der Waals surface area (Å²) in [5.41, 5.74) is 21.4. The molecule has 2 unspecified atom stereocenters. The van der Waals surface area contributed by atoms with E-state index < -0.39 is 0 Å². The first kappa shape index (κ1) is 49.7. The van der Waals surface area contributed by atoms with Crippen molar-refractivity contribution in [2.75, 3.05) is 0 Å². The highest BCUT2D eigenvalue weighted by Crippen LogP contribution is 2.52. The summed E-state index contributed by atoms with van der Waals surface area (Å²) in [6, 6.07) is 71.0. The van der Waals surface area contributed by atoms with Crippen molar-refractivity contribution in [2.24, 2.45) is 0 Å². The van der Waals surface area contributed by atoms with Crippen LogP contribution in [0.3, 0.4) is 0 Å². The van der Waals surface area contributed by atoms with Crippen molar-refractivity contribution in [3.05, 3.63) is 278 Å². The first-order chi connectivity index (χ1) is 31.8. The molecule has 0 fully saturated rings. The zero-order valence-electron chi connectivity index (χ0n) is 39.1. The molecule has 0 saturated carbocycles. The van der Waals surface area contributed by atoms with Crippen molar-refractivity contribution >= 4 is 0 Å². The number of benzene rings is 8. The fraction of sp³-hybridized carbons (Fsp3) is 0.152. The molecule has 0 nitrogen and oxygen atoms in total. The Hall–Kier alpha value is -7.28. The molecule has 0 spiro atoms. The van der Waals surface area contributed by atoms with Crippen molar-refractivity contribution in [1.82, 2.24) is 0 Å². The van der Waals surface area contributed by atoms with Gasteiger partial charge < -0.3 is 0 Å². The van der Waals surface area contributed by atoms with Crippen LogP contribution in [0, 0.1) is 13.8 Å². The molecule has 1 aliphatic rings. The lowest BCUT2D eigenvalue weighted by Gasteiger charge is -2.23. The van der Waals surface area contributed by atoms with Gasteiger partial charge in [0.05, 0.1) is 0 Å². The van der Waals surface area contributed by atoms with E-state index in [4.69, 9.17) is 0 Å². The molecule has 9 rings (SSSR count). The largest absolute Gasteiger partial charge is 0.0991 e. The van der Waals surface area contributed by atoms with Crippen molar-refractivity contribution in [3.63, 3.8) is 0 Å². The Labute approximate surface area is 398 Å². The summed E-state index contributed by atoms with van der Waals surface area (Å²) in [6.07, 6.45) is 11.1. The third-order valence-corrected chi connectivity index (χ3v) is 12.1. The number of rotatable bonds is 10. The van der Waals surface area contributed by atoms with E-state index >= 15 is 0 Å². The SMILES string of the molecule is C.C=C/C=C\C.C=CC=C.CCCc1ccc(-c2ccc3c(c2)-c2ccccc2C3C(C)c2ccc(-c3ccccc3)cc2)cc1-c1ccccc1C.Cc1ccc(-c2ccccc2)cc1. The predicted molar refractivity (Wildman–Crippen MR) is 292 cm³/mol. The molecule has 0 aliphatic heterocycles. The van der Waals surface area contributed by atoms with E-state index in [0.717, 1.165) is 12.8 Å². The van der Waals surface area contributed by atoms with E-state index in [2.05, 4.69) is 235 Å². The molecule has 0 N–H and O–H groups in total. The summed E-state index contributed by atoms with van der Waals surface area (Å²) in [6.45, 7) is 21.1. The van der Waals surface area contributed by atoms with Gasteiger partial charge in [0.25, 0.3) is 0 Å². The van der Waals surface area contributed by atoms with Crippen LogP contribution in [0.5, 0.6) is 0 Å². The highest BCUT2D eigenvalue weighted by atomic mass is 14.4. The molecule has 0 amide bonds. The standard InChI is InChI=1S/C43H38.C13H12.C5H8.C4H6.CH4/c1-4-12-34-23-24-35(27-41(34)37-16-9-8-13-29(37)2)36-25-26-40-42(28-36)38-17-10-11-18-39(38)43(40)30(3)31-19-21-33(22-20-31)32-14-6-5-7-15-32;1-11-7-9-13(10-8-11)12-5-3-2-4-6-12;1-3-5-4-2;1-3-4-2;/h5-11,13-28,30,43H,4,12H2,1-3H3;2-10H,1H3;3-5H,1H2,2H3;3-4H,1-2H2;1H4/b;;5-4-;;. The molecule has 0 radical (unpaired) electrons. The van der Waals surface area contributed by atoms with Gasteiger partial charge in [-0.3, -0.25) is 0 Å². The molecule has 66 heavy (non-hydrogen) atoms. The van der Waals surface area contributed by atoms with Gasteiger partial charge in [0.1, 0.15) is 0 Å². The average Bonchev–Trinajstić information content (AvgIpc) is 3.69. The summed E-state index contributed by atoms with van der Waals surface area (Å²) < 4.78 is 0. The second-order valence-corrected chi connectivity index (χ2v) is 16.5. The maximum Gasteiger partial charge on any atom is 0.0168 e. The minimum absolute atomic E-state index is 0. The minimum Gasteiger partial charge on any atom is -0.0991 e. The molecule has 332 valence electrons. The van der Waals surface area contributed by atoms with E-state index in [-0.39, 0.29) is 7.43 Å².